The van der Waals surface area contributed by atoms with Crippen molar-refractivity contribution < 1.29 is 0 Å². The Morgan fingerprint density at radius 2 is 1.35 bits per heavy atom. The molecule has 0 nitrogen and oxygen atoms in total. The minimum atomic E-state index is 1.000. The van der Waals surface area contributed by atoms with Crippen LogP contribution in [-0.2, 0) is 0 Å². The summed E-state index contributed by atoms with van der Waals surface area (Å²) in [6.07, 6.45) is 22.4. The molecule has 1 atom stereocenters. The maximum Gasteiger partial charge on any atom is -0.0320 e. The summed E-state index contributed by atoms with van der Waals surface area (Å²) in [6.45, 7) is 6.69. The first-order valence-electron chi connectivity index (χ1n) is 10.9. The molecular weight excluding hydrogens is 276 g/mol. The van der Waals surface area contributed by atoms with E-state index in [9.17, 15) is 0 Å². The summed E-state index contributed by atoms with van der Waals surface area (Å²) in [5, 5.41) is 0. The second-order valence-electron chi connectivity index (χ2n) is 9.45. The molecule has 3 saturated carbocycles. The van der Waals surface area contributed by atoms with Gasteiger partial charge in [-0.3, -0.25) is 0 Å². The molecule has 0 bridgehead atoms. The fraction of sp³-hybridized carbons (Fsp3) is 0.913. The monoisotopic (exact) mass is 316 g/mol. The lowest BCUT2D eigenvalue weighted by atomic mass is 9.68. The lowest BCUT2D eigenvalue weighted by Gasteiger charge is -2.38. The Morgan fingerprint density at radius 1 is 0.783 bits per heavy atom. The zero-order valence-electron chi connectivity index (χ0n) is 15.7. The predicted molar refractivity (Wildman–Crippen MR) is 102 cm³/mol. The van der Waals surface area contributed by atoms with Crippen LogP contribution in [0.4, 0.5) is 0 Å². The standard InChI is InChI=1S/C23H40/c1-18-8-12-21(13-9-18)17-23(16-20-6-4-3-5-7-20)22-14-10-19(2)11-15-22/h19-23H,1,3-17H2,2H3. The number of hydrogen-bond donors (Lipinski definition) is 0. The molecule has 0 heteroatoms. The molecule has 1 unspecified atom stereocenters. The topological polar surface area (TPSA) is 0 Å². The van der Waals surface area contributed by atoms with Gasteiger partial charge in [-0.25, -0.2) is 0 Å². The van der Waals surface area contributed by atoms with Crippen LogP contribution in [0.1, 0.15) is 103 Å². The Morgan fingerprint density at radius 3 is 1.96 bits per heavy atom. The van der Waals surface area contributed by atoms with Gasteiger partial charge in [0, 0.05) is 0 Å². The van der Waals surface area contributed by atoms with Crippen LogP contribution < -0.4 is 0 Å². The highest BCUT2D eigenvalue weighted by atomic mass is 14.4. The van der Waals surface area contributed by atoms with Crippen LogP contribution in [0.15, 0.2) is 12.2 Å². The van der Waals surface area contributed by atoms with E-state index in [-0.39, 0.29) is 0 Å². The summed E-state index contributed by atoms with van der Waals surface area (Å²) in [7, 11) is 0. The van der Waals surface area contributed by atoms with Crippen molar-refractivity contribution in [3.63, 3.8) is 0 Å². The maximum atomic E-state index is 4.22. The summed E-state index contributed by atoms with van der Waals surface area (Å²) in [5.74, 6) is 5.22. The Balaban J connectivity index is 1.56. The first-order chi connectivity index (χ1) is 11.2. The molecule has 0 N–H and O–H groups in total. The minimum absolute atomic E-state index is 1.000. The predicted octanol–water partition coefficient (Wildman–Crippen LogP) is 7.54. The zero-order chi connectivity index (χ0) is 16.1. The van der Waals surface area contributed by atoms with Crippen LogP contribution in [-0.4, -0.2) is 0 Å². The third-order valence-corrected chi connectivity index (χ3v) is 7.54. The van der Waals surface area contributed by atoms with E-state index in [2.05, 4.69) is 13.5 Å². The molecule has 0 saturated heterocycles. The van der Waals surface area contributed by atoms with Crippen LogP contribution in [0.2, 0.25) is 0 Å². The van der Waals surface area contributed by atoms with Crippen molar-refractivity contribution in [2.45, 2.75) is 103 Å². The van der Waals surface area contributed by atoms with Crippen molar-refractivity contribution >= 4 is 0 Å². The van der Waals surface area contributed by atoms with Crippen molar-refractivity contribution in [3.8, 4) is 0 Å². The second kappa shape index (κ2) is 8.72. The summed E-state index contributed by atoms with van der Waals surface area (Å²) in [6, 6.07) is 0. The van der Waals surface area contributed by atoms with Gasteiger partial charge in [-0.2, -0.15) is 0 Å². The van der Waals surface area contributed by atoms with Crippen molar-refractivity contribution in [3.05, 3.63) is 12.2 Å². The molecular formula is C23H40. The summed E-state index contributed by atoms with van der Waals surface area (Å²) in [4.78, 5) is 0. The second-order valence-corrected chi connectivity index (χ2v) is 9.45. The fourth-order valence-electron chi connectivity index (χ4n) is 5.84. The molecule has 3 aliphatic carbocycles. The Labute approximate surface area is 145 Å². The lowest BCUT2D eigenvalue weighted by molar-refractivity contribution is 0.139. The van der Waals surface area contributed by atoms with Crippen LogP contribution in [0.25, 0.3) is 0 Å². The Bertz CT molecular complexity index is 344. The van der Waals surface area contributed by atoms with Crippen LogP contribution in [0.5, 0.6) is 0 Å². The minimum Gasteiger partial charge on any atom is -0.0999 e. The van der Waals surface area contributed by atoms with Crippen molar-refractivity contribution in [1.29, 1.82) is 0 Å². The smallest absolute Gasteiger partial charge is 0.0320 e. The Hall–Kier alpha value is -0.260. The van der Waals surface area contributed by atoms with Gasteiger partial charge in [-0.05, 0) is 81.0 Å². The third-order valence-electron chi connectivity index (χ3n) is 7.54. The molecule has 0 aromatic rings. The van der Waals surface area contributed by atoms with Gasteiger partial charge in [0.1, 0.15) is 0 Å². The van der Waals surface area contributed by atoms with Gasteiger partial charge >= 0.3 is 0 Å². The van der Waals surface area contributed by atoms with E-state index in [4.69, 9.17) is 0 Å². The molecule has 3 aliphatic rings. The molecule has 3 rings (SSSR count). The van der Waals surface area contributed by atoms with Crippen LogP contribution >= 0.6 is 0 Å². The van der Waals surface area contributed by atoms with E-state index in [1.165, 1.54) is 76.2 Å². The highest BCUT2D eigenvalue weighted by Crippen LogP contribution is 2.43. The molecule has 23 heavy (non-hydrogen) atoms. The molecule has 0 aromatic carbocycles. The van der Waals surface area contributed by atoms with Crippen molar-refractivity contribution in [1.82, 2.24) is 0 Å². The van der Waals surface area contributed by atoms with E-state index < -0.39 is 0 Å². The van der Waals surface area contributed by atoms with E-state index in [1.54, 1.807) is 25.7 Å². The van der Waals surface area contributed by atoms with Gasteiger partial charge in [-0.1, -0.05) is 64.0 Å². The molecule has 0 heterocycles. The largest absolute Gasteiger partial charge is 0.0999 e. The lowest BCUT2D eigenvalue weighted by Crippen LogP contribution is -2.26. The summed E-state index contributed by atoms with van der Waals surface area (Å²) >= 11 is 0. The molecule has 0 aliphatic heterocycles. The molecule has 0 radical (unpaired) electrons. The zero-order valence-corrected chi connectivity index (χ0v) is 15.7. The van der Waals surface area contributed by atoms with Crippen molar-refractivity contribution in [2.75, 3.05) is 0 Å². The van der Waals surface area contributed by atoms with Gasteiger partial charge in [0.25, 0.3) is 0 Å². The normalized spacial score (nSPS) is 32.8. The quantitative estimate of drug-likeness (QED) is 0.460. The molecule has 132 valence electrons. The molecule has 0 amide bonds. The highest BCUT2D eigenvalue weighted by molar-refractivity contribution is 4.98. The first kappa shape index (κ1) is 17.6. The summed E-state index contributed by atoms with van der Waals surface area (Å²) in [5.41, 5.74) is 1.52. The van der Waals surface area contributed by atoms with Gasteiger partial charge < -0.3 is 0 Å². The summed E-state index contributed by atoms with van der Waals surface area (Å²) < 4.78 is 0. The van der Waals surface area contributed by atoms with Crippen molar-refractivity contribution in [2.24, 2.45) is 29.6 Å². The molecule has 0 spiro atoms. The van der Waals surface area contributed by atoms with Gasteiger partial charge in [0.2, 0.25) is 0 Å². The number of rotatable bonds is 5. The van der Waals surface area contributed by atoms with E-state index in [0.29, 0.717) is 0 Å². The average Bonchev–Trinajstić information content (AvgIpc) is 2.58. The van der Waals surface area contributed by atoms with Crippen LogP contribution in [0, 0.1) is 29.6 Å². The van der Waals surface area contributed by atoms with E-state index in [1.807, 2.05) is 0 Å². The van der Waals surface area contributed by atoms with E-state index >= 15 is 0 Å². The van der Waals surface area contributed by atoms with Crippen LogP contribution in [0.3, 0.4) is 0 Å². The average molecular weight is 317 g/mol. The Kier molecular flexibility index (Phi) is 6.66. The van der Waals surface area contributed by atoms with Gasteiger partial charge in [0.15, 0.2) is 0 Å². The number of allylic oxidation sites excluding steroid dienone is 1. The molecule has 3 fully saturated rings. The number of hydrogen-bond acceptors (Lipinski definition) is 0. The van der Waals surface area contributed by atoms with E-state index in [0.717, 1.165) is 29.6 Å². The highest BCUT2D eigenvalue weighted by Gasteiger charge is 2.31. The fourth-order valence-corrected chi connectivity index (χ4v) is 5.84. The SMILES string of the molecule is C=C1CCC(CC(CC2CCCCC2)C2CCC(C)CC2)CC1. The van der Waals surface area contributed by atoms with Gasteiger partial charge in [0.05, 0.1) is 0 Å². The maximum absolute atomic E-state index is 4.22. The van der Waals surface area contributed by atoms with Gasteiger partial charge in [-0.15, -0.1) is 0 Å². The first-order valence-corrected chi connectivity index (χ1v) is 10.9. The molecule has 0 aromatic heterocycles. The third kappa shape index (κ3) is 5.36.